The first-order chi connectivity index (χ1) is 12.0. The summed E-state index contributed by atoms with van der Waals surface area (Å²) in [5.41, 5.74) is 5.64. The van der Waals surface area contributed by atoms with Gasteiger partial charge >= 0.3 is 5.97 Å². The standard InChI is InChI=1S/C18H31N3O4/c1-24-16(22)14-12-20(15-4-10-25-11-5-15)8-9-21(13-14)17(23)18(19)6-2-3-7-18/h14-15H,2-13,19H2,1H3/t14-/m0/s1. The molecule has 0 spiro atoms. The van der Waals surface area contributed by atoms with Crippen molar-refractivity contribution in [1.82, 2.24) is 9.80 Å². The Labute approximate surface area is 149 Å². The Bertz CT molecular complexity index is 487. The summed E-state index contributed by atoms with van der Waals surface area (Å²) in [5, 5.41) is 0. The number of carbonyl (C=O) groups is 2. The lowest BCUT2D eigenvalue weighted by Crippen LogP contribution is -2.55. The van der Waals surface area contributed by atoms with E-state index >= 15 is 0 Å². The highest BCUT2D eigenvalue weighted by Crippen LogP contribution is 2.30. The summed E-state index contributed by atoms with van der Waals surface area (Å²) in [4.78, 5) is 29.5. The third kappa shape index (κ3) is 4.15. The molecule has 1 saturated carbocycles. The number of nitrogens with two attached hydrogens (primary N) is 1. The zero-order valence-electron chi connectivity index (χ0n) is 15.2. The Balaban J connectivity index is 1.73. The number of methoxy groups -OCH3 is 1. The van der Waals surface area contributed by atoms with E-state index in [-0.39, 0.29) is 17.8 Å². The van der Waals surface area contributed by atoms with E-state index < -0.39 is 5.54 Å². The predicted octanol–water partition coefficient (Wildman–Crippen LogP) is 0.370. The summed E-state index contributed by atoms with van der Waals surface area (Å²) in [7, 11) is 1.42. The number of amides is 1. The number of hydrogen-bond acceptors (Lipinski definition) is 6. The summed E-state index contributed by atoms with van der Waals surface area (Å²) >= 11 is 0. The van der Waals surface area contributed by atoms with Gasteiger partial charge in [-0.25, -0.2) is 0 Å². The zero-order chi connectivity index (χ0) is 17.9. The van der Waals surface area contributed by atoms with E-state index in [4.69, 9.17) is 15.2 Å². The third-order valence-corrected chi connectivity index (χ3v) is 6.00. The van der Waals surface area contributed by atoms with Gasteiger partial charge < -0.3 is 20.1 Å². The molecule has 2 saturated heterocycles. The second-order valence-electron chi connectivity index (χ2n) is 7.67. The highest BCUT2D eigenvalue weighted by Gasteiger charge is 2.42. The lowest BCUT2D eigenvalue weighted by molar-refractivity contribution is -0.147. The van der Waals surface area contributed by atoms with Gasteiger partial charge in [-0.05, 0) is 25.7 Å². The lowest BCUT2D eigenvalue weighted by atomic mass is 9.96. The van der Waals surface area contributed by atoms with E-state index in [1.807, 2.05) is 4.90 Å². The highest BCUT2D eigenvalue weighted by molar-refractivity contribution is 5.87. The van der Waals surface area contributed by atoms with E-state index in [0.717, 1.165) is 58.3 Å². The smallest absolute Gasteiger partial charge is 0.311 e. The Morgan fingerprint density at radius 1 is 1.12 bits per heavy atom. The van der Waals surface area contributed by atoms with Crippen LogP contribution in [0.25, 0.3) is 0 Å². The second-order valence-corrected chi connectivity index (χ2v) is 7.67. The summed E-state index contributed by atoms with van der Waals surface area (Å²) in [6.45, 7) is 3.97. The van der Waals surface area contributed by atoms with Gasteiger partial charge in [0.15, 0.2) is 0 Å². The van der Waals surface area contributed by atoms with Gasteiger partial charge in [0.25, 0.3) is 0 Å². The minimum Gasteiger partial charge on any atom is -0.469 e. The van der Waals surface area contributed by atoms with E-state index in [2.05, 4.69) is 4.90 Å². The molecular formula is C18H31N3O4. The fraction of sp³-hybridized carbons (Fsp3) is 0.889. The fourth-order valence-corrected chi connectivity index (χ4v) is 4.46. The number of esters is 1. The van der Waals surface area contributed by atoms with E-state index in [1.165, 1.54) is 7.11 Å². The monoisotopic (exact) mass is 353 g/mol. The van der Waals surface area contributed by atoms with Crippen LogP contribution in [0.5, 0.6) is 0 Å². The molecule has 2 aliphatic heterocycles. The van der Waals surface area contributed by atoms with Crippen molar-refractivity contribution in [3.63, 3.8) is 0 Å². The molecule has 3 rings (SSSR count). The minimum atomic E-state index is -0.742. The van der Waals surface area contributed by atoms with E-state index in [0.29, 0.717) is 25.7 Å². The lowest BCUT2D eigenvalue weighted by Gasteiger charge is -2.34. The molecule has 1 atom stereocenters. The third-order valence-electron chi connectivity index (χ3n) is 6.00. The molecule has 0 unspecified atom stereocenters. The van der Waals surface area contributed by atoms with Gasteiger partial charge in [0.05, 0.1) is 18.6 Å². The topological polar surface area (TPSA) is 85.1 Å². The van der Waals surface area contributed by atoms with Gasteiger partial charge in [0.1, 0.15) is 0 Å². The Hall–Kier alpha value is -1.18. The van der Waals surface area contributed by atoms with Crippen LogP contribution in [0.15, 0.2) is 0 Å². The normalized spacial score (nSPS) is 28.6. The first-order valence-corrected chi connectivity index (χ1v) is 9.51. The number of rotatable bonds is 3. The molecule has 3 fully saturated rings. The maximum atomic E-state index is 13.0. The molecule has 0 bridgehead atoms. The number of nitrogens with zero attached hydrogens (tertiary/aromatic N) is 2. The quantitative estimate of drug-likeness (QED) is 0.738. The number of ether oxygens (including phenoxy) is 2. The molecule has 142 valence electrons. The van der Waals surface area contributed by atoms with Crippen molar-refractivity contribution in [2.75, 3.05) is 46.5 Å². The van der Waals surface area contributed by atoms with Crippen LogP contribution < -0.4 is 5.73 Å². The van der Waals surface area contributed by atoms with Crippen molar-refractivity contribution in [3.05, 3.63) is 0 Å². The molecule has 3 aliphatic rings. The van der Waals surface area contributed by atoms with Crippen LogP contribution in [0, 0.1) is 5.92 Å². The van der Waals surface area contributed by atoms with Crippen LogP contribution >= 0.6 is 0 Å². The predicted molar refractivity (Wildman–Crippen MR) is 92.9 cm³/mol. The van der Waals surface area contributed by atoms with Crippen LogP contribution in [0.4, 0.5) is 0 Å². The Kier molecular flexibility index (Phi) is 5.96. The molecule has 2 heterocycles. The minimum absolute atomic E-state index is 0.00716. The fourth-order valence-electron chi connectivity index (χ4n) is 4.46. The maximum absolute atomic E-state index is 13.0. The van der Waals surface area contributed by atoms with E-state index in [9.17, 15) is 9.59 Å². The first kappa shape index (κ1) is 18.6. The molecule has 2 N–H and O–H groups in total. The molecule has 0 aromatic heterocycles. The van der Waals surface area contributed by atoms with E-state index in [1.54, 1.807) is 0 Å². The maximum Gasteiger partial charge on any atom is 0.311 e. The van der Waals surface area contributed by atoms with Crippen LogP contribution in [-0.4, -0.2) is 79.8 Å². The molecule has 0 aromatic carbocycles. The van der Waals surface area contributed by atoms with Crippen molar-refractivity contribution in [2.45, 2.75) is 50.1 Å². The van der Waals surface area contributed by atoms with Crippen LogP contribution in [0.1, 0.15) is 38.5 Å². The van der Waals surface area contributed by atoms with Gasteiger partial charge in [0.2, 0.25) is 5.91 Å². The number of hydrogen-bond donors (Lipinski definition) is 1. The van der Waals surface area contributed by atoms with Gasteiger partial charge in [-0.15, -0.1) is 0 Å². The molecule has 7 heteroatoms. The van der Waals surface area contributed by atoms with Crippen molar-refractivity contribution in [3.8, 4) is 0 Å². The summed E-state index contributed by atoms with van der Waals surface area (Å²) in [5.74, 6) is -0.550. The molecular weight excluding hydrogens is 322 g/mol. The van der Waals surface area contributed by atoms with Crippen LogP contribution in [0.3, 0.4) is 0 Å². The number of carbonyl (C=O) groups excluding carboxylic acids is 2. The van der Waals surface area contributed by atoms with Gasteiger partial charge in [0, 0.05) is 45.4 Å². The van der Waals surface area contributed by atoms with Crippen molar-refractivity contribution in [2.24, 2.45) is 11.7 Å². The van der Waals surface area contributed by atoms with Gasteiger partial charge in [-0.2, -0.15) is 0 Å². The summed E-state index contributed by atoms with van der Waals surface area (Å²) in [6.07, 6.45) is 5.45. The molecule has 1 aliphatic carbocycles. The van der Waals surface area contributed by atoms with Crippen LogP contribution in [-0.2, 0) is 19.1 Å². The zero-order valence-corrected chi connectivity index (χ0v) is 15.2. The molecule has 0 radical (unpaired) electrons. The second kappa shape index (κ2) is 8.01. The molecule has 0 aromatic rings. The summed E-state index contributed by atoms with van der Waals surface area (Å²) in [6, 6.07) is 0.411. The Morgan fingerprint density at radius 3 is 2.44 bits per heavy atom. The molecule has 25 heavy (non-hydrogen) atoms. The largest absolute Gasteiger partial charge is 0.469 e. The average Bonchev–Trinajstić information content (AvgIpc) is 2.97. The molecule has 1 amide bonds. The van der Waals surface area contributed by atoms with Gasteiger partial charge in [-0.3, -0.25) is 14.5 Å². The van der Waals surface area contributed by atoms with Crippen molar-refractivity contribution < 1.29 is 19.1 Å². The average molecular weight is 353 g/mol. The van der Waals surface area contributed by atoms with Crippen LogP contribution in [0.2, 0.25) is 0 Å². The molecule has 7 nitrogen and oxygen atoms in total. The highest BCUT2D eigenvalue weighted by atomic mass is 16.5. The Morgan fingerprint density at radius 2 is 1.80 bits per heavy atom. The van der Waals surface area contributed by atoms with Gasteiger partial charge in [-0.1, -0.05) is 12.8 Å². The summed E-state index contributed by atoms with van der Waals surface area (Å²) < 4.78 is 10.5. The SMILES string of the molecule is COC(=O)[C@@H]1CN(C(=O)C2(N)CCCC2)CCN(C2CCOCC2)C1. The van der Waals surface area contributed by atoms with Crippen molar-refractivity contribution in [1.29, 1.82) is 0 Å². The first-order valence-electron chi connectivity index (χ1n) is 9.51. The van der Waals surface area contributed by atoms with Crippen molar-refractivity contribution >= 4 is 11.9 Å².